The van der Waals surface area contributed by atoms with Gasteiger partial charge in [-0.2, -0.15) is 0 Å². The molecule has 0 bridgehead atoms. The summed E-state index contributed by atoms with van der Waals surface area (Å²) in [7, 11) is 0. The molecule has 0 saturated carbocycles. The fraction of sp³-hybridized carbons (Fsp3) is 0.269. The zero-order valence-electron chi connectivity index (χ0n) is 20.9. The molecule has 8 N–H and O–H groups in total. The van der Waals surface area contributed by atoms with Crippen molar-refractivity contribution in [1.82, 2.24) is 25.6 Å². The molecule has 4 rings (SSSR count). The predicted molar refractivity (Wildman–Crippen MR) is 140 cm³/mol. The van der Waals surface area contributed by atoms with Crippen LogP contribution in [0.5, 0.6) is 0 Å². The molecule has 13 heteroatoms. The second kappa shape index (κ2) is 11.8. The van der Waals surface area contributed by atoms with E-state index in [0.717, 1.165) is 22.8 Å². The molecular weight excluding hydrogens is 506 g/mol. The second-order valence-corrected chi connectivity index (χ2v) is 9.06. The molecule has 5 atom stereocenters. The smallest absolute Gasteiger partial charge is 0.370 e. The van der Waals surface area contributed by atoms with Crippen LogP contribution >= 0.6 is 0 Å². The fourth-order valence-electron chi connectivity index (χ4n) is 4.35. The fourth-order valence-corrected chi connectivity index (χ4v) is 4.35. The van der Waals surface area contributed by atoms with E-state index in [2.05, 4.69) is 20.9 Å². The van der Waals surface area contributed by atoms with Crippen LogP contribution in [0, 0.1) is 5.41 Å². The normalized spacial score (nSPS) is 20.2. The molecule has 0 radical (unpaired) electrons. The highest BCUT2D eigenvalue weighted by atomic mass is 16.5. The van der Waals surface area contributed by atoms with Crippen LogP contribution in [0.4, 0.5) is 0 Å². The van der Waals surface area contributed by atoms with Gasteiger partial charge < -0.3 is 36.4 Å². The number of aliphatic hydroxyl groups is 2. The van der Waals surface area contributed by atoms with E-state index < -0.39 is 54.0 Å². The molecule has 3 aromatic rings. The van der Waals surface area contributed by atoms with Gasteiger partial charge in [0, 0.05) is 12.5 Å². The van der Waals surface area contributed by atoms with Crippen molar-refractivity contribution in [3.05, 3.63) is 72.6 Å². The van der Waals surface area contributed by atoms with Crippen LogP contribution in [-0.4, -0.2) is 78.5 Å². The number of nitrogens with one attached hydrogen (secondary N) is 3. The van der Waals surface area contributed by atoms with Crippen molar-refractivity contribution in [2.45, 2.75) is 43.9 Å². The van der Waals surface area contributed by atoms with Gasteiger partial charge in [0.15, 0.2) is 5.96 Å². The van der Waals surface area contributed by atoms with Crippen LogP contribution in [0.2, 0.25) is 0 Å². The SMILES string of the molecule is CC(=O)NC1C(C(O)C(O)Cn2cc(-c3ccc(-c4ccccc4)cc3)nn2)OC(C(=O)O)=C[C@H]1NC(=N)N. The Morgan fingerprint density at radius 2 is 1.72 bits per heavy atom. The number of carboxylic acids is 1. The van der Waals surface area contributed by atoms with Crippen LogP contribution in [-0.2, 0) is 20.9 Å². The minimum Gasteiger partial charge on any atom is -0.478 e. The van der Waals surface area contributed by atoms with Crippen LogP contribution in [0.3, 0.4) is 0 Å². The Kier molecular flexibility index (Phi) is 8.22. The van der Waals surface area contributed by atoms with Gasteiger partial charge in [-0.15, -0.1) is 5.10 Å². The van der Waals surface area contributed by atoms with Crippen molar-refractivity contribution in [3.63, 3.8) is 0 Å². The number of aliphatic hydroxyl groups excluding tert-OH is 2. The maximum atomic E-state index is 11.8. The van der Waals surface area contributed by atoms with E-state index >= 15 is 0 Å². The van der Waals surface area contributed by atoms with E-state index in [-0.39, 0.29) is 6.54 Å². The van der Waals surface area contributed by atoms with Gasteiger partial charge in [0.05, 0.1) is 24.8 Å². The summed E-state index contributed by atoms with van der Waals surface area (Å²) in [5, 5.41) is 52.1. The van der Waals surface area contributed by atoms with E-state index in [4.69, 9.17) is 15.9 Å². The van der Waals surface area contributed by atoms with Crippen molar-refractivity contribution < 1.29 is 29.6 Å². The highest BCUT2D eigenvalue weighted by Crippen LogP contribution is 2.25. The maximum Gasteiger partial charge on any atom is 0.370 e. The molecule has 1 aromatic heterocycles. The summed E-state index contributed by atoms with van der Waals surface area (Å²) < 4.78 is 6.79. The molecule has 13 nitrogen and oxygen atoms in total. The first-order chi connectivity index (χ1) is 18.6. The number of carbonyl (C=O) groups is 2. The predicted octanol–water partition coefficient (Wildman–Crippen LogP) is 0.0576. The number of guanidine groups is 1. The molecule has 2 heterocycles. The summed E-state index contributed by atoms with van der Waals surface area (Å²) in [5.74, 6) is -2.96. The van der Waals surface area contributed by atoms with Crippen LogP contribution < -0.4 is 16.4 Å². The third kappa shape index (κ3) is 6.58. The lowest BCUT2D eigenvalue weighted by Gasteiger charge is -2.40. The van der Waals surface area contributed by atoms with Gasteiger partial charge in [-0.3, -0.25) is 10.2 Å². The number of ether oxygens (including phenoxy) is 1. The van der Waals surface area contributed by atoms with E-state index in [1.54, 1.807) is 6.20 Å². The number of hydrogen-bond acceptors (Lipinski definition) is 8. The summed E-state index contributed by atoms with van der Waals surface area (Å²) in [6.45, 7) is 1.02. The Balaban J connectivity index is 1.49. The molecule has 0 fully saturated rings. The second-order valence-electron chi connectivity index (χ2n) is 9.06. The molecule has 1 amide bonds. The van der Waals surface area contributed by atoms with Crippen molar-refractivity contribution >= 4 is 17.8 Å². The topological polar surface area (TPSA) is 209 Å². The van der Waals surface area contributed by atoms with Crippen LogP contribution in [0.25, 0.3) is 22.4 Å². The first-order valence-electron chi connectivity index (χ1n) is 12.0. The lowest BCUT2D eigenvalue weighted by molar-refractivity contribution is -0.145. The van der Waals surface area contributed by atoms with Crippen LogP contribution in [0.1, 0.15) is 6.92 Å². The highest BCUT2D eigenvalue weighted by Gasteiger charge is 2.44. The standard InChI is InChI=1S/C26H29N7O6/c1-14(34)29-22-18(30-26(27)28)11-21(25(37)38)39-24(22)23(36)20(35)13-33-12-19(31-32-33)17-9-7-16(8-10-17)15-5-3-2-4-6-15/h2-12,18,20,22-24,35-36H,13H2,1H3,(H,29,34)(H,37,38)(H4,27,28,30)/t18-,20?,22?,23?,24?/m1/s1. The van der Waals surface area contributed by atoms with Gasteiger partial charge in [-0.05, 0) is 17.2 Å². The summed E-state index contributed by atoms with van der Waals surface area (Å²) in [5.41, 5.74) is 8.88. The number of hydrogen-bond donors (Lipinski definition) is 7. The molecule has 39 heavy (non-hydrogen) atoms. The van der Waals surface area contributed by atoms with E-state index in [0.29, 0.717) is 5.69 Å². The Labute approximate surface area is 223 Å². The third-order valence-corrected chi connectivity index (χ3v) is 6.17. The molecule has 2 aromatic carbocycles. The van der Waals surface area contributed by atoms with Crippen LogP contribution in [0.15, 0.2) is 72.6 Å². The Hall–Kier alpha value is -4.75. The molecule has 1 aliphatic heterocycles. The highest BCUT2D eigenvalue weighted by molar-refractivity contribution is 5.85. The van der Waals surface area contributed by atoms with Gasteiger partial charge in [0.1, 0.15) is 24.0 Å². The number of carboxylic acid groups (broad SMARTS) is 1. The minimum atomic E-state index is -1.67. The number of benzene rings is 2. The molecule has 0 aliphatic carbocycles. The van der Waals surface area contributed by atoms with Gasteiger partial charge in [0.2, 0.25) is 11.7 Å². The number of amides is 1. The van der Waals surface area contributed by atoms with Gasteiger partial charge >= 0.3 is 5.97 Å². The number of carbonyl (C=O) groups excluding carboxylic acids is 1. The Morgan fingerprint density at radius 3 is 2.33 bits per heavy atom. The average Bonchev–Trinajstić information content (AvgIpc) is 3.37. The lowest BCUT2D eigenvalue weighted by atomic mass is 9.91. The minimum absolute atomic E-state index is 0.208. The number of nitrogens with zero attached hydrogens (tertiary/aromatic N) is 3. The number of nitrogens with two attached hydrogens (primary N) is 1. The van der Waals surface area contributed by atoms with E-state index in [1.165, 1.54) is 11.6 Å². The van der Waals surface area contributed by atoms with Gasteiger partial charge in [-0.25, -0.2) is 9.48 Å². The summed E-state index contributed by atoms with van der Waals surface area (Å²) in [6, 6.07) is 15.6. The summed E-state index contributed by atoms with van der Waals surface area (Å²) >= 11 is 0. The molecule has 0 spiro atoms. The third-order valence-electron chi connectivity index (χ3n) is 6.17. The average molecular weight is 536 g/mol. The number of aliphatic carboxylic acids is 1. The van der Waals surface area contributed by atoms with Gasteiger partial charge in [0.25, 0.3) is 0 Å². The van der Waals surface area contributed by atoms with Gasteiger partial charge in [-0.1, -0.05) is 59.8 Å². The largest absolute Gasteiger partial charge is 0.478 e. The molecule has 4 unspecified atom stereocenters. The van der Waals surface area contributed by atoms with Crippen molar-refractivity contribution in [3.8, 4) is 22.4 Å². The quantitative estimate of drug-likeness (QED) is 0.145. The molecule has 204 valence electrons. The Bertz CT molecular complexity index is 1360. The zero-order chi connectivity index (χ0) is 28.1. The number of rotatable bonds is 9. The maximum absolute atomic E-state index is 11.8. The van der Waals surface area contributed by atoms with Crippen molar-refractivity contribution in [2.24, 2.45) is 5.73 Å². The zero-order valence-corrected chi connectivity index (χ0v) is 20.9. The molecule has 1 aliphatic rings. The van der Waals surface area contributed by atoms with E-state index in [1.807, 2.05) is 54.6 Å². The lowest BCUT2D eigenvalue weighted by Crippen LogP contribution is -2.64. The first kappa shape index (κ1) is 27.3. The Morgan fingerprint density at radius 1 is 1.08 bits per heavy atom. The summed E-state index contributed by atoms with van der Waals surface area (Å²) in [4.78, 5) is 23.5. The number of aromatic nitrogens is 3. The van der Waals surface area contributed by atoms with E-state index in [9.17, 15) is 24.9 Å². The monoisotopic (exact) mass is 535 g/mol. The first-order valence-corrected chi connectivity index (χ1v) is 12.0. The molecular formula is C26H29N7O6. The molecule has 0 saturated heterocycles. The van der Waals surface area contributed by atoms with Crippen molar-refractivity contribution in [1.29, 1.82) is 5.41 Å². The summed E-state index contributed by atoms with van der Waals surface area (Å²) in [6.07, 6.45) is -1.83. The van der Waals surface area contributed by atoms with Crippen molar-refractivity contribution in [2.75, 3.05) is 0 Å².